The van der Waals surface area contributed by atoms with Gasteiger partial charge in [-0.2, -0.15) is 0 Å². The monoisotopic (exact) mass is 293 g/mol. The number of imidazole rings is 1. The first-order chi connectivity index (χ1) is 10.0. The fourth-order valence-corrected chi connectivity index (χ4v) is 3.65. The Bertz CT molecular complexity index is 441. The molecule has 0 bridgehead atoms. The molecule has 1 aliphatic rings. The van der Waals surface area contributed by atoms with E-state index in [-0.39, 0.29) is 6.04 Å². The minimum absolute atomic E-state index is 0.275. The van der Waals surface area contributed by atoms with Crippen LogP contribution in [0.2, 0.25) is 0 Å². The van der Waals surface area contributed by atoms with E-state index in [1.54, 1.807) is 7.11 Å². The summed E-state index contributed by atoms with van der Waals surface area (Å²) >= 11 is 0. The summed E-state index contributed by atoms with van der Waals surface area (Å²) in [5.41, 5.74) is 1.09. The van der Waals surface area contributed by atoms with Gasteiger partial charge in [0.25, 0.3) is 0 Å². The number of hydrogen-bond acceptors (Lipinski definition) is 3. The lowest BCUT2D eigenvalue weighted by Crippen LogP contribution is -2.29. The number of rotatable bonds is 6. The van der Waals surface area contributed by atoms with E-state index >= 15 is 0 Å². The molecule has 2 rings (SSSR count). The molecule has 120 valence electrons. The molecule has 21 heavy (non-hydrogen) atoms. The molecule has 1 aliphatic carbocycles. The van der Waals surface area contributed by atoms with Gasteiger partial charge >= 0.3 is 0 Å². The summed E-state index contributed by atoms with van der Waals surface area (Å²) in [7, 11) is 1.74. The Morgan fingerprint density at radius 1 is 1.33 bits per heavy atom. The predicted octanol–water partition coefficient (Wildman–Crippen LogP) is 4.03. The Hall–Kier alpha value is -1.03. The zero-order valence-electron chi connectivity index (χ0n) is 14.2. The molecule has 1 heterocycles. The fraction of sp³-hybridized carbons (Fsp3) is 0.824. The Labute approximate surface area is 129 Å². The minimum atomic E-state index is 0.275. The Kier molecular flexibility index (Phi) is 5.68. The van der Waals surface area contributed by atoms with Crippen molar-refractivity contribution in [3.8, 4) is 0 Å². The zero-order chi connectivity index (χ0) is 15.4. The second kappa shape index (κ2) is 7.30. The molecule has 0 saturated heterocycles. The molecule has 1 fully saturated rings. The lowest BCUT2D eigenvalue weighted by molar-refractivity contribution is 0.181. The van der Waals surface area contributed by atoms with Crippen molar-refractivity contribution in [3.63, 3.8) is 0 Å². The van der Waals surface area contributed by atoms with E-state index in [4.69, 9.17) is 9.72 Å². The molecule has 1 aromatic rings. The van der Waals surface area contributed by atoms with Crippen LogP contribution in [0.25, 0.3) is 0 Å². The van der Waals surface area contributed by atoms with Gasteiger partial charge in [-0.05, 0) is 38.5 Å². The summed E-state index contributed by atoms with van der Waals surface area (Å²) in [6, 6.07) is 0.855. The second-order valence-electron chi connectivity index (χ2n) is 6.87. The van der Waals surface area contributed by atoms with Crippen LogP contribution in [0.5, 0.6) is 0 Å². The van der Waals surface area contributed by atoms with Crippen LogP contribution in [0.15, 0.2) is 6.20 Å². The molecular weight excluding hydrogens is 262 g/mol. The van der Waals surface area contributed by atoms with E-state index in [0.717, 1.165) is 23.5 Å². The predicted molar refractivity (Wildman–Crippen MR) is 87.8 cm³/mol. The summed E-state index contributed by atoms with van der Waals surface area (Å²) < 4.78 is 7.62. The topological polar surface area (TPSA) is 39.1 Å². The van der Waals surface area contributed by atoms with Gasteiger partial charge in [-0.3, -0.25) is 0 Å². The van der Waals surface area contributed by atoms with Gasteiger partial charge in [-0.1, -0.05) is 26.7 Å². The third-order valence-corrected chi connectivity index (χ3v) is 4.64. The van der Waals surface area contributed by atoms with Gasteiger partial charge in [-0.15, -0.1) is 0 Å². The molecule has 3 atom stereocenters. The smallest absolute Gasteiger partial charge is 0.203 e. The molecule has 0 spiro atoms. The van der Waals surface area contributed by atoms with Crippen LogP contribution in [-0.2, 0) is 4.74 Å². The van der Waals surface area contributed by atoms with Crippen LogP contribution < -0.4 is 5.32 Å². The van der Waals surface area contributed by atoms with Gasteiger partial charge in [0.1, 0.15) is 0 Å². The summed E-state index contributed by atoms with van der Waals surface area (Å²) in [4.78, 5) is 4.70. The first-order valence-corrected chi connectivity index (χ1v) is 8.33. The van der Waals surface area contributed by atoms with Crippen molar-refractivity contribution in [2.75, 3.05) is 19.0 Å². The zero-order valence-corrected chi connectivity index (χ0v) is 14.2. The third kappa shape index (κ3) is 4.00. The number of aromatic nitrogens is 2. The third-order valence-electron chi connectivity index (χ3n) is 4.64. The maximum absolute atomic E-state index is 5.23. The number of aryl methyl sites for hydroxylation is 1. The Balaban J connectivity index is 2.21. The molecule has 0 aromatic carbocycles. The van der Waals surface area contributed by atoms with E-state index in [1.165, 1.54) is 25.7 Å². The number of nitrogens with zero attached hydrogens (tertiary/aromatic N) is 2. The lowest BCUT2D eigenvalue weighted by atomic mass is 9.77. The summed E-state index contributed by atoms with van der Waals surface area (Å²) in [5.74, 6) is 2.49. The van der Waals surface area contributed by atoms with Gasteiger partial charge in [0.15, 0.2) is 0 Å². The van der Waals surface area contributed by atoms with Gasteiger partial charge in [0, 0.05) is 25.4 Å². The van der Waals surface area contributed by atoms with Crippen molar-refractivity contribution in [1.82, 2.24) is 9.55 Å². The van der Waals surface area contributed by atoms with E-state index in [1.807, 2.05) is 0 Å². The molecular formula is C17H31N3O. The van der Waals surface area contributed by atoms with Crippen molar-refractivity contribution < 1.29 is 4.74 Å². The molecule has 1 N–H and O–H groups in total. The summed E-state index contributed by atoms with van der Waals surface area (Å²) in [6.07, 6.45) is 7.53. The average Bonchev–Trinajstić information content (AvgIpc) is 2.79. The molecule has 1 saturated carbocycles. The standard InChI is InChI=1S/C17H31N3O/c1-12(2)15-8-6-7-9-16(15)20-10-13(3)18-17(20)19-14(4)11-21-5/h10,12,14-16H,6-9,11H2,1-5H3,(H,18,19). The summed E-state index contributed by atoms with van der Waals surface area (Å²) in [5, 5.41) is 3.52. The SMILES string of the molecule is COCC(C)Nc1nc(C)cn1C1CCCCC1C(C)C. The van der Waals surface area contributed by atoms with Crippen molar-refractivity contribution >= 4 is 5.95 Å². The van der Waals surface area contributed by atoms with Crippen molar-refractivity contribution in [3.05, 3.63) is 11.9 Å². The molecule has 0 radical (unpaired) electrons. The van der Waals surface area contributed by atoms with Crippen LogP contribution >= 0.6 is 0 Å². The van der Waals surface area contributed by atoms with E-state index < -0.39 is 0 Å². The maximum atomic E-state index is 5.23. The quantitative estimate of drug-likeness (QED) is 0.861. The normalized spacial score (nSPS) is 24.3. The lowest BCUT2D eigenvalue weighted by Gasteiger charge is -2.36. The number of hydrogen-bond donors (Lipinski definition) is 1. The number of anilines is 1. The largest absolute Gasteiger partial charge is 0.383 e. The minimum Gasteiger partial charge on any atom is -0.383 e. The average molecular weight is 293 g/mol. The van der Waals surface area contributed by atoms with Gasteiger partial charge in [0.2, 0.25) is 5.95 Å². The number of nitrogens with one attached hydrogen (secondary N) is 1. The van der Waals surface area contributed by atoms with Gasteiger partial charge in [-0.25, -0.2) is 4.98 Å². The molecule has 1 aromatic heterocycles. The van der Waals surface area contributed by atoms with Gasteiger partial charge in [0.05, 0.1) is 12.3 Å². The Morgan fingerprint density at radius 2 is 2.05 bits per heavy atom. The molecule has 0 aliphatic heterocycles. The highest BCUT2D eigenvalue weighted by Gasteiger charge is 2.30. The first-order valence-electron chi connectivity index (χ1n) is 8.33. The van der Waals surface area contributed by atoms with Crippen LogP contribution in [0.3, 0.4) is 0 Å². The van der Waals surface area contributed by atoms with Crippen LogP contribution in [0.1, 0.15) is 58.2 Å². The van der Waals surface area contributed by atoms with Crippen molar-refractivity contribution in [1.29, 1.82) is 0 Å². The first kappa shape index (κ1) is 16.3. The van der Waals surface area contributed by atoms with Crippen molar-refractivity contribution in [2.45, 2.75) is 65.5 Å². The number of ether oxygens (including phenoxy) is 1. The molecule has 4 nitrogen and oxygen atoms in total. The molecule has 4 heteroatoms. The van der Waals surface area contributed by atoms with E-state index in [0.29, 0.717) is 12.6 Å². The molecule has 0 amide bonds. The van der Waals surface area contributed by atoms with Crippen LogP contribution in [-0.4, -0.2) is 29.3 Å². The highest BCUT2D eigenvalue weighted by Crippen LogP contribution is 2.40. The van der Waals surface area contributed by atoms with E-state index in [9.17, 15) is 0 Å². The van der Waals surface area contributed by atoms with Gasteiger partial charge < -0.3 is 14.6 Å². The van der Waals surface area contributed by atoms with Crippen LogP contribution in [0.4, 0.5) is 5.95 Å². The molecule has 3 unspecified atom stereocenters. The number of methoxy groups -OCH3 is 1. The van der Waals surface area contributed by atoms with Crippen molar-refractivity contribution in [2.24, 2.45) is 11.8 Å². The maximum Gasteiger partial charge on any atom is 0.203 e. The van der Waals surface area contributed by atoms with Crippen LogP contribution in [0, 0.1) is 18.8 Å². The highest BCUT2D eigenvalue weighted by molar-refractivity contribution is 5.31. The van der Waals surface area contributed by atoms with E-state index in [2.05, 4.69) is 43.8 Å². The fourth-order valence-electron chi connectivity index (χ4n) is 3.65. The Morgan fingerprint density at radius 3 is 2.71 bits per heavy atom. The summed E-state index contributed by atoms with van der Waals surface area (Å²) in [6.45, 7) is 9.62. The highest BCUT2D eigenvalue weighted by atomic mass is 16.5. The second-order valence-corrected chi connectivity index (χ2v) is 6.87.